The second-order valence-corrected chi connectivity index (χ2v) is 7.72. The van der Waals surface area contributed by atoms with Gasteiger partial charge < -0.3 is 15.6 Å². The van der Waals surface area contributed by atoms with E-state index in [4.69, 9.17) is 5.73 Å². The van der Waals surface area contributed by atoms with Gasteiger partial charge in [-0.15, -0.1) is 0 Å². The van der Waals surface area contributed by atoms with Gasteiger partial charge in [0.1, 0.15) is 5.82 Å². The van der Waals surface area contributed by atoms with Crippen LogP contribution in [0.15, 0.2) is 48.7 Å². The van der Waals surface area contributed by atoms with Crippen LogP contribution >= 0.6 is 0 Å². The molecule has 1 saturated heterocycles. The normalized spacial score (nSPS) is 14.8. The Balaban J connectivity index is 1.45. The Kier molecular flexibility index (Phi) is 5.35. The standard InChI is InChI=1S/C23H22FN3O3/c24-17-4-1-14(2-5-17)11-15-7-9-27(10-8-15)23(30)19-13-26-20-6-3-16(12-18(19)20)21(28)22(25)29/h1-6,12-13,15,26H,7-11H2,(H2,25,29). The van der Waals surface area contributed by atoms with Crippen LogP contribution in [0.4, 0.5) is 4.39 Å². The molecule has 1 aliphatic rings. The van der Waals surface area contributed by atoms with E-state index in [1.165, 1.54) is 24.3 Å². The van der Waals surface area contributed by atoms with Crippen LogP contribution in [-0.4, -0.2) is 40.6 Å². The molecule has 0 bridgehead atoms. The summed E-state index contributed by atoms with van der Waals surface area (Å²) in [5.41, 5.74) is 7.54. The van der Waals surface area contributed by atoms with E-state index in [0.29, 0.717) is 35.5 Å². The van der Waals surface area contributed by atoms with Gasteiger partial charge in [0.05, 0.1) is 5.56 Å². The van der Waals surface area contributed by atoms with E-state index >= 15 is 0 Å². The van der Waals surface area contributed by atoms with Crippen LogP contribution < -0.4 is 5.73 Å². The van der Waals surface area contributed by atoms with Crippen molar-refractivity contribution in [3.8, 4) is 0 Å². The summed E-state index contributed by atoms with van der Waals surface area (Å²) in [6, 6.07) is 11.3. The number of halogens is 1. The molecule has 4 rings (SSSR count). The average Bonchev–Trinajstić information content (AvgIpc) is 3.18. The summed E-state index contributed by atoms with van der Waals surface area (Å²) in [7, 11) is 0. The van der Waals surface area contributed by atoms with Gasteiger partial charge in [-0.1, -0.05) is 12.1 Å². The van der Waals surface area contributed by atoms with Crippen LogP contribution in [0.5, 0.6) is 0 Å². The Morgan fingerprint density at radius 2 is 1.77 bits per heavy atom. The molecule has 3 aromatic rings. The number of piperidine rings is 1. The number of hydrogen-bond acceptors (Lipinski definition) is 3. The van der Waals surface area contributed by atoms with Crippen LogP contribution in [0.3, 0.4) is 0 Å². The summed E-state index contributed by atoms with van der Waals surface area (Å²) in [6.07, 6.45) is 4.25. The number of carbonyl (C=O) groups excluding carboxylic acids is 3. The number of benzene rings is 2. The molecule has 0 atom stereocenters. The number of fused-ring (bicyclic) bond motifs is 1. The van der Waals surface area contributed by atoms with E-state index < -0.39 is 11.7 Å². The number of H-pyrrole nitrogens is 1. The van der Waals surface area contributed by atoms with Crippen molar-refractivity contribution in [1.82, 2.24) is 9.88 Å². The number of aromatic nitrogens is 1. The van der Waals surface area contributed by atoms with Crippen molar-refractivity contribution < 1.29 is 18.8 Å². The molecular formula is C23H22FN3O3. The summed E-state index contributed by atoms with van der Waals surface area (Å²) in [5, 5.41) is 0.598. The molecule has 154 valence electrons. The number of nitrogens with two attached hydrogens (primary N) is 1. The van der Waals surface area contributed by atoms with Gasteiger partial charge in [-0.05, 0) is 61.1 Å². The third kappa shape index (κ3) is 3.96. The number of ketones is 1. The second-order valence-electron chi connectivity index (χ2n) is 7.72. The molecular weight excluding hydrogens is 385 g/mol. The molecule has 1 aliphatic heterocycles. The van der Waals surface area contributed by atoms with Crippen LogP contribution in [0.25, 0.3) is 10.9 Å². The van der Waals surface area contributed by atoms with Crippen molar-refractivity contribution in [2.24, 2.45) is 11.7 Å². The zero-order chi connectivity index (χ0) is 21.3. The number of nitrogens with zero attached hydrogens (tertiary/aromatic N) is 1. The van der Waals surface area contributed by atoms with Crippen molar-refractivity contribution in [3.63, 3.8) is 0 Å². The van der Waals surface area contributed by atoms with Gasteiger partial charge in [0.15, 0.2) is 0 Å². The summed E-state index contributed by atoms with van der Waals surface area (Å²) in [5.74, 6) is -1.70. The van der Waals surface area contributed by atoms with Crippen molar-refractivity contribution in [1.29, 1.82) is 0 Å². The molecule has 0 spiro atoms. The maximum Gasteiger partial charge on any atom is 0.289 e. The highest BCUT2D eigenvalue weighted by molar-refractivity contribution is 6.42. The second kappa shape index (κ2) is 8.10. The van der Waals surface area contributed by atoms with Gasteiger partial charge in [0, 0.05) is 35.8 Å². The van der Waals surface area contributed by atoms with Gasteiger partial charge in [-0.3, -0.25) is 14.4 Å². The van der Waals surface area contributed by atoms with E-state index in [1.807, 2.05) is 17.0 Å². The Bertz CT molecular complexity index is 1110. The van der Waals surface area contributed by atoms with Crippen LogP contribution in [0.2, 0.25) is 0 Å². The fourth-order valence-corrected chi connectivity index (χ4v) is 4.05. The zero-order valence-corrected chi connectivity index (χ0v) is 16.4. The fraction of sp³-hybridized carbons (Fsp3) is 0.261. The minimum Gasteiger partial charge on any atom is -0.363 e. The Morgan fingerprint density at radius 1 is 1.07 bits per heavy atom. The minimum atomic E-state index is -1.03. The largest absolute Gasteiger partial charge is 0.363 e. The number of hydrogen-bond donors (Lipinski definition) is 2. The smallest absolute Gasteiger partial charge is 0.289 e. The topological polar surface area (TPSA) is 96.3 Å². The summed E-state index contributed by atoms with van der Waals surface area (Å²) in [4.78, 5) is 41.0. The van der Waals surface area contributed by atoms with Crippen molar-refractivity contribution in [2.45, 2.75) is 19.3 Å². The number of primary amides is 1. The zero-order valence-electron chi connectivity index (χ0n) is 16.4. The lowest BCUT2D eigenvalue weighted by Gasteiger charge is -2.32. The summed E-state index contributed by atoms with van der Waals surface area (Å²) >= 11 is 0. The Hall–Kier alpha value is -3.48. The van der Waals surface area contributed by atoms with Gasteiger partial charge in [-0.2, -0.15) is 0 Å². The van der Waals surface area contributed by atoms with Crippen molar-refractivity contribution in [3.05, 3.63) is 71.2 Å². The Morgan fingerprint density at radius 3 is 2.43 bits per heavy atom. The molecule has 2 aromatic carbocycles. The van der Waals surface area contributed by atoms with E-state index in [1.54, 1.807) is 12.3 Å². The first-order valence-electron chi connectivity index (χ1n) is 9.91. The third-order valence-electron chi connectivity index (χ3n) is 5.74. The first-order chi connectivity index (χ1) is 14.4. The lowest BCUT2D eigenvalue weighted by Crippen LogP contribution is -2.38. The summed E-state index contributed by atoms with van der Waals surface area (Å²) < 4.78 is 13.1. The predicted octanol–water partition coefficient (Wildman–Crippen LogP) is 3.07. The molecule has 2 amide bonds. The molecule has 0 unspecified atom stereocenters. The van der Waals surface area contributed by atoms with Crippen molar-refractivity contribution in [2.75, 3.05) is 13.1 Å². The van der Waals surface area contributed by atoms with E-state index in [2.05, 4.69) is 4.98 Å². The van der Waals surface area contributed by atoms with E-state index in [0.717, 1.165) is 24.8 Å². The van der Waals surface area contributed by atoms with Gasteiger partial charge in [-0.25, -0.2) is 4.39 Å². The highest BCUT2D eigenvalue weighted by Crippen LogP contribution is 2.26. The molecule has 0 aliphatic carbocycles. The van der Waals surface area contributed by atoms with Gasteiger partial charge >= 0.3 is 0 Å². The van der Waals surface area contributed by atoms with Gasteiger partial charge in [0.2, 0.25) is 5.78 Å². The highest BCUT2D eigenvalue weighted by atomic mass is 19.1. The van der Waals surface area contributed by atoms with E-state index in [9.17, 15) is 18.8 Å². The highest BCUT2D eigenvalue weighted by Gasteiger charge is 2.26. The molecule has 30 heavy (non-hydrogen) atoms. The number of likely N-dealkylation sites (tertiary alicyclic amines) is 1. The van der Waals surface area contributed by atoms with Crippen LogP contribution in [-0.2, 0) is 11.2 Å². The molecule has 1 fully saturated rings. The molecule has 0 saturated carbocycles. The SMILES string of the molecule is NC(=O)C(=O)c1ccc2[nH]cc(C(=O)N3CCC(Cc4ccc(F)cc4)CC3)c2c1. The number of carbonyl (C=O) groups is 3. The fourth-order valence-electron chi connectivity index (χ4n) is 4.05. The molecule has 3 N–H and O–H groups in total. The van der Waals surface area contributed by atoms with Crippen LogP contribution in [0.1, 0.15) is 39.1 Å². The number of aromatic amines is 1. The first-order valence-corrected chi connectivity index (χ1v) is 9.91. The third-order valence-corrected chi connectivity index (χ3v) is 5.74. The predicted molar refractivity (Wildman–Crippen MR) is 111 cm³/mol. The Labute approximate surface area is 172 Å². The van der Waals surface area contributed by atoms with Crippen LogP contribution in [0, 0.1) is 11.7 Å². The number of nitrogens with one attached hydrogen (secondary N) is 1. The minimum absolute atomic E-state index is 0.106. The quantitative estimate of drug-likeness (QED) is 0.503. The molecule has 1 aromatic heterocycles. The number of Topliss-reactive ketones (excluding diaryl/α,β-unsaturated/α-hetero) is 1. The number of rotatable bonds is 5. The number of amides is 2. The van der Waals surface area contributed by atoms with E-state index in [-0.39, 0.29) is 17.3 Å². The lowest BCUT2D eigenvalue weighted by atomic mass is 9.90. The maximum absolute atomic E-state index is 13.1. The molecule has 2 heterocycles. The van der Waals surface area contributed by atoms with Gasteiger partial charge in [0.25, 0.3) is 11.8 Å². The monoisotopic (exact) mass is 407 g/mol. The first kappa shape index (κ1) is 19.8. The lowest BCUT2D eigenvalue weighted by molar-refractivity contribution is -0.114. The average molecular weight is 407 g/mol. The molecule has 7 heteroatoms. The molecule has 0 radical (unpaired) electrons. The molecule has 6 nitrogen and oxygen atoms in total. The summed E-state index contributed by atoms with van der Waals surface area (Å²) in [6.45, 7) is 1.27. The van der Waals surface area contributed by atoms with Crippen molar-refractivity contribution >= 4 is 28.5 Å². The maximum atomic E-state index is 13.1.